The second-order valence-corrected chi connectivity index (χ2v) is 7.17. The molecular formula is C17H19BrN4O2. The van der Waals surface area contributed by atoms with Crippen LogP contribution in [-0.2, 0) is 29.0 Å². The van der Waals surface area contributed by atoms with Crippen molar-refractivity contribution in [1.82, 2.24) is 19.7 Å². The third-order valence-corrected chi connectivity index (χ3v) is 5.09. The highest BCUT2D eigenvalue weighted by Gasteiger charge is 2.31. The van der Waals surface area contributed by atoms with Crippen LogP contribution in [0.2, 0.25) is 0 Å². The minimum absolute atomic E-state index is 0.0929. The average molecular weight is 391 g/mol. The van der Waals surface area contributed by atoms with Crippen LogP contribution in [0.3, 0.4) is 0 Å². The maximum atomic E-state index is 12.5. The molecule has 0 N–H and O–H groups in total. The smallest absolute Gasteiger partial charge is 0.252 e. The van der Waals surface area contributed by atoms with E-state index in [2.05, 4.69) is 42.8 Å². The summed E-state index contributed by atoms with van der Waals surface area (Å²) in [7, 11) is 0. The van der Waals surface area contributed by atoms with Gasteiger partial charge in [-0.25, -0.2) is 0 Å². The van der Waals surface area contributed by atoms with Crippen molar-refractivity contribution in [3.05, 3.63) is 46.0 Å². The molecule has 7 heteroatoms. The van der Waals surface area contributed by atoms with Crippen LogP contribution in [0.4, 0.5) is 0 Å². The molecule has 2 aliphatic heterocycles. The van der Waals surface area contributed by atoms with Crippen molar-refractivity contribution in [2.24, 2.45) is 0 Å². The lowest BCUT2D eigenvalue weighted by Crippen LogP contribution is -2.43. The van der Waals surface area contributed by atoms with E-state index in [0.717, 1.165) is 41.9 Å². The molecule has 1 aromatic heterocycles. The van der Waals surface area contributed by atoms with Gasteiger partial charge in [0.05, 0.1) is 6.54 Å². The van der Waals surface area contributed by atoms with Crippen molar-refractivity contribution in [3.63, 3.8) is 0 Å². The Morgan fingerprint density at radius 2 is 2.25 bits per heavy atom. The normalized spacial score (nSPS) is 20.2. The van der Waals surface area contributed by atoms with Gasteiger partial charge in [0.2, 0.25) is 0 Å². The molecule has 0 unspecified atom stereocenters. The van der Waals surface area contributed by atoms with Gasteiger partial charge in [0.1, 0.15) is 11.9 Å². The van der Waals surface area contributed by atoms with Crippen LogP contribution in [0, 0.1) is 0 Å². The molecule has 0 bridgehead atoms. The molecular weight excluding hydrogens is 372 g/mol. The summed E-state index contributed by atoms with van der Waals surface area (Å²) in [6.45, 7) is 2.64. The number of rotatable bonds is 3. The highest BCUT2D eigenvalue weighted by atomic mass is 79.9. The molecule has 0 aliphatic carbocycles. The van der Waals surface area contributed by atoms with Gasteiger partial charge in [-0.15, -0.1) is 10.2 Å². The first-order valence-corrected chi connectivity index (χ1v) is 9.06. The number of ether oxygens (including phenoxy) is 1. The maximum Gasteiger partial charge on any atom is 0.252 e. The summed E-state index contributed by atoms with van der Waals surface area (Å²) < 4.78 is 8.71. The Morgan fingerprint density at radius 3 is 3.04 bits per heavy atom. The van der Waals surface area contributed by atoms with Crippen molar-refractivity contribution < 1.29 is 9.53 Å². The second-order valence-electron chi connectivity index (χ2n) is 6.25. The highest BCUT2D eigenvalue weighted by Crippen LogP contribution is 2.20. The number of hydrogen-bond acceptors (Lipinski definition) is 4. The van der Waals surface area contributed by atoms with Crippen molar-refractivity contribution in [2.75, 3.05) is 13.2 Å². The van der Waals surface area contributed by atoms with Gasteiger partial charge < -0.3 is 14.2 Å². The van der Waals surface area contributed by atoms with Crippen LogP contribution in [0.15, 0.2) is 28.7 Å². The van der Waals surface area contributed by atoms with Crippen molar-refractivity contribution in [1.29, 1.82) is 0 Å². The van der Waals surface area contributed by atoms with Crippen LogP contribution in [0.25, 0.3) is 0 Å². The van der Waals surface area contributed by atoms with E-state index in [0.29, 0.717) is 19.7 Å². The summed E-state index contributed by atoms with van der Waals surface area (Å²) in [6, 6.07) is 8.21. The van der Waals surface area contributed by atoms with Crippen molar-refractivity contribution in [2.45, 2.75) is 38.5 Å². The third-order valence-electron chi connectivity index (χ3n) is 4.60. The van der Waals surface area contributed by atoms with Gasteiger partial charge in [0.25, 0.3) is 5.91 Å². The van der Waals surface area contributed by atoms with Crippen LogP contribution < -0.4 is 0 Å². The van der Waals surface area contributed by atoms with E-state index in [1.54, 1.807) is 0 Å². The minimum Gasteiger partial charge on any atom is -0.368 e. The predicted octanol–water partition coefficient (Wildman–Crippen LogP) is 2.15. The van der Waals surface area contributed by atoms with Crippen molar-refractivity contribution in [3.8, 4) is 0 Å². The molecule has 1 aromatic carbocycles. The van der Waals surface area contributed by atoms with Gasteiger partial charge in [-0.05, 0) is 30.5 Å². The molecule has 1 amide bonds. The Hall–Kier alpha value is -1.73. The largest absolute Gasteiger partial charge is 0.368 e. The highest BCUT2D eigenvalue weighted by molar-refractivity contribution is 9.10. The van der Waals surface area contributed by atoms with Gasteiger partial charge >= 0.3 is 0 Å². The van der Waals surface area contributed by atoms with E-state index in [4.69, 9.17) is 4.74 Å². The lowest BCUT2D eigenvalue weighted by molar-refractivity contribution is -0.142. The summed E-state index contributed by atoms with van der Waals surface area (Å²) in [6.07, 6.45) is 2.28. The molecule has 6 nitrogen and oxygen atoms in total. The molecule has 0 radical (unpaired) electrons. The number of halogens is 1. The van der Waals surface area contributed by atoms with Gasteiger partial charge in [-0.1, -0.05) is 28.1 Å². The first kappa shape index (κ1) is 15.8. The van der Waals surface area contributed by atoms with Crippen LogP contribution >= 0.6 is 15.9 Å². The Labute approximate surface area is 148 Å². The minimum atomic E-state index is -0.263. The zero-order valence-electron chi connectivity index (χ0n) is 13.3. The number of carbonyl (C=O) groups is 1. The number of hydrogen-bond donors (Lipinski definition) is 0. The molecule has 3 heterocycles. The molecule has 1 fully saturated rings. The van der Waals surface area contributed by atoms with Crippen LogP contribution in [0.5, 0.6) is 0 Å². The quantitative estimate of drug-likeness (QED) is 0.805. The maximum absolute atomic E-state index is 12.5. The monoisotopic (exact) mass is 390 g/mol. The average Bonchev–Trinajstić information content (AvgIpc) is 3.24. The fourth-order valence-corrected chi connectivity index (χ4v) is 3.79. The lowest BCUT2D eigenvalue weighted by Gasteiger charge is -2.29. The topological polar surface area (TPSA) is 60.2 Å². The molecule has 2 aliphatic rings. The molecule has 1 saturated heterocycles. The van der Waals surface area contributed by atoms with Crippen molar-refractivity contribution >= 4 is 21.8 Å². The summed E-state index contributed by atoms with van der Waals surface area (Å²) in [5.74, 6) is 1.90. The number of carbonyl (C=O) groups excluding carboxylic acids is 1. The Balaban J connectivity index is 1.48. The van der Waals surface area contributed by atoms with Gasteiger partial charge in [-0.3, -0.25) is 4.79 Å². The molecule has 1 atom stereocenters. The first-order chi connectivity index (χ1) is 11.7. The summed E-state index contributed by atoms with van der Waals surface area (Å²) in [4.78, 5) is 14.3. The number of amides is 1. The van der Waals surface area contributed by atoms with E-state index in [-0.39, 0.29) is 12.0 Å². The van der Waals surface area contributed by atoms with E-state index in [1.165, 1.54) is 5.56 Å². The number of benzene rings is 1. The lowest BCUT2D eigenvalue weighted by atomic mass is 10.1. The SMILES string of the molecule is O=C([C@@H]1CCCO1)N1CCn2c(Cc3cccc(Br)c3)nnc2C1. The number of nitrogens with zero attached hydrogens (tertiary/aromatic N) is 4. The Kier molecular flexibility index (Phi) is 4.37. The van der Waals surface area contributed by atoms with Gasteiger partial charge in [0.15, 0.2) is 5.82 Å². The summed E-state index contributed by atoms with van der Waals surface area (Å²) in [5, 5.41) is 8.64. The summed E-state index contributed by atoms with van der Waals surface area (Å²) in [5.41, 5.74) is 1.19. The summed E-state index contributed by atoms with van der Waals surface area (Å²) >= 11 is 3.50. The fraction of sp³-hybridized carbons (Fsp3) is 0.471. The van der Waals surface area contributed by atoms with E-state index in [9.17, 15) is 4.79 Å². The second kappa shape index (κ2) is 6.64. The Morgan fingerprint density at radius 1 is 1.33 bits per heavy atom. The zero-order chi connectivity index (χ0) is 16.5. The molecule has 0 spiro atoms. The fourth-order valence-electron chi connectivity index (χ4n) is 3.34. The third kappa shape index (κ3) is 3.10. The predicted molar refractivity (Wildman–Crippen MR) is 91.4 cm³/mol. The molecule has 126 valence electrons. The van der Waals surface area contributed by atoms with E-state index >= 15 is 0 Å². The molecule has 0 saturated carbocycles. The van der Waals surface area contributed by atoms with E-state index < -0.39 is 0 Å². The van der Waals surface area contributed by atoms with Crippen LogP contribution in [-0.4, -0.2) is 44.8 Å². The first-order valence-electron chi connectivity index (χ1n) is 8.26. The standard InChI is InChI=1S/C17H19BrN4O2/c18-13-4-1-3-12(9-13)10-15-19-20-16-11-21(6-7-22(15)16)17(23)14-5-2-8-24-14/h1,3-4,9,14H,2,5-8,10-11H2/t14-/m0/s1. The zero-order valence-corrected chi connectivity index (χ0v) is 14.9. The number of fused-ring (bicyclic) bond motifs is 1. The van der Waals surface area contributed by atoms with Gasteiger partial charge in [-0.2, -0.15) is 0 Å². The molecule has 4 rings (SSSR count). The van der Waals surface area contributed by atoms with Gasteiger partial charge in [0, 0.05) is 30.6 Å². The number of aromatic nitrogens is 3. The van der Waals surface area contributed by atoms with Crippen LogP contribution in [0.1, 0.15) is 30.1 Å². The molecule has 24 heavy (non-hydrogen) atoms. The molecule has 2 aromatic rings. The Bertz CT molecular complexity index is 755. The van der Waals surface area contributed by atoms with E-state index in [1.807, 2.05) is 17.0 Å².